The van der Waals surface area contributed by atoms with Gasteiger partial charge in [0.05, 0.1) is 52.1 Å². The van der Waals surface area contributed by atoms with Crippen molar-refractivity contribution in [3.05, 3.63) is 84.5 Å². The quantitative estimate of drug-likeness (QED) is 0.153. The number of hydrogen-bond acceptors (Lipinski definition) is 9. The van der Waals surface area contributed by atoms with Gasteiger partial charge in [0.2, 0.25) is 5.91 Å². The molecule has 0 atom stereocenters. The van der Waals surface area contributed by atoms with Crippen molar-refractivity contribution in [1.29, 1.82) is 0 Å². The van der Waals surface area contributed by atoms with E-state index in [2.05, 4.69) is 35.6 Å². The molecule has 1 fully saturated rings. The number of amides is 1. The maximum Gasteiger partial charge on any atom is 0.227 e. The Kier molecular flexibility index (Phi) is 7.44. The number of aryl methyl sites for hydroxylation is 1. The fourth-order valence-electron chi connectivity index (χ4n) is 5.50. The molecule has 1 aliphatic heterocycles. The van der Waals surface area contributed by atoms with E-state index in [1.54, 1.807) is 29.5 Å². The highest BCUT2D eigenvalue weighted by Gasteiger charge is 2.25. The summed E-state index contributed by atoms with van der Waals surface area (Å²) in [7, 11) is 1.88. The molecule has 1 amide bonds. The van der Waals surface area contributed by atoms with E-state index in [0.717, 1.165) is 64.1 Å². The molecule has 4 aromatic heterocycles. The average Bonchev–Trinajstić information content (AvgIpc) is 3.34. The Labute approximate surface area is 257 Å². The standard InChI is InChI=1S/C32H30FN9OS/c1-42-28-17-36-26(21-11-23(15-34-14-21)39-32(43)19-4-3-5-19)12-24(28)30(41-42)27-16-37-31-25(40-27)6-7-35-29(31)20-8-18(13-38-44-2)9-22(33)10-20/h6-12,14-17,19,37-38,40H,3-5,13H2,1-2H3,(H,39,43). The fourth-order valence-corrected chi connectivity index (χ4v) is 5.81. The Bertz CT molecular complexity index is 1930. The Morgan fingerprint density at radius 2 is 1.98 bits per heavy atom. The second-order valence-corrected chi connectivity index (χ2v) is 11.6. The highest BCUT2D eigenvalue weighted by molar-refractivity contribution is 7.96. The molecule has 1 saturated carbocycles. The largest absolute Gasteiger partial charge is 0.356 e. The number of halogens is 1. The molecule has 5 heterocycles. The van der Waals surface area contributed by atoms with Crippen LogP contribution in [0, 0.1) is 11.7 Å². The van der Waals surface area contributed by atoms with E-state index >= 15 is 0 Å². The molecule has 7 rings (SSSR count). The van der Waals surface area contributed by atoms with E-state index in [4.69, 9.17) is 5.10 Å². The van der Waals surface area contributed by atoms with Gasteiger partial charge in [-0.15, -0.1) is 0 Å². The van der Waals surface area contributed by atoms with Crippen LogP contribution in [0.1, 0.15) is 30.5 Å². The van der Waals surface area contributed by atoms with Crippen LogP contribution in [-0.2, 0) is 18.4 Å². The minimum absolute atomic E-state index is 0.0417. The number of aromatic nitrogens is 5. The highest BCUT2D eigenvalue weighted by atomic mass is 32.2. The van der Waals surface area contributed by atoms with Crippen LogP contribution < -0.4 is 20.7 Å². The molecular weight excluding hydrogens is 577 g/mol. The molecule has 0 saturated heterocycles. The number of carbonyl (C=O) groups excluding carboxylic acids is 1. The minimum Gasteiger partial charge on any atom is -0.356 e. The summed E-state index contributed by atoms with van der Waals surface area (Å²) in [4.78, 5) is 26.1. The molecule has 10 nitrogen and oxygen atoms in total. The summed E-state index contributed by atoms with van der Waals surface area (Å²) in [5.41, 5.74) is 8.23. The Hall–Kier alpha value is -4.81. The van der Waals surface area contributed by atoms with Crippen molar-refractivity contribution >= 4 is 51.5 Å². The van der Waals surface area contributed by atoms with Gasteiger partial charge in [-0.05, 0) is 61.1 Å². The van der Waals surface area contributed by atoms with E-state index in [1.165, 1.54) is 24.1 Å². The first-order chi connectivity index (χ1) is 21.5. The smallest absolute Gasteiger partial charge is 0.227 e. The third-order valence-electron chi connectivity index (χ3n) is 8.00. The predicted molar refractivity (Wildman–Crippen MR) is 173 cm³/mol. The van der Waals surface area contributed by atoms with E-state index < -0.39 is 0 Å². The summed E-state index contributed by atoms with van der Waals surface area (Å²) in [6.45, 7) is 0.537. The number of carbonyl (C=O) groups is 1. The van der Waals surface area contributed by atoms with Gasteiger partial charge in [0.15, 0.2) is 0 Å². The van der Waals surface area contributed by atoms with Crippen LogP contribution in [-0.4, -0.2) is 36.9 Å². The van der Waals surface area contributed by atoms with Gasteiger partial charge in [0.25, 0.3) is 0 Å². The summed E-state index contributed by atoms with van der Waals surface area (Å²) >= 11 is 1.49. The van der Waals surface area contributed by atoms with Crippen molar-refractivity contribution in [3.63, 3.8) is 0 Å². The van der Waals surface area contributed by atoms with Crippen molar-refractivity contribution in [3.8, 4) is 22.5 Å². The summed E-state index contributed by atoms with van der Waals surface area (Å²) in [6, 6.07) is 10.7. The van der Waals surface area contributed by atoms with Crippen LogP contribution in [0.4, 0.5) is 21.5 Å². The zero-order valence-corrected chi connectivity index (χ0v) is 25.0. The molecule has 44 heavy (non-hydrogen) atoms. The van der Waals surface area contributed by atoms with Gasteiger partial charge in [-0.1, -0.05) is 18.4 Å². The summed E-state index contributed by atoms with van der Waals surface area (Å²) in [6.07, 6.45) is 13.6. The number of anilines is 3. The molecule has 1 aromatic carbocycles. The number of benzene rings is 1. The van der Waals surface area contributed by atoms with Gasteiger partial charge >= 0.3 is 0 Å². The lowest BCUT2D eigenvalue weighted by Crippen LogP contribution is -2.28. The molecule has 0 bridgehead atoms. The van der Waals surface area contributed by atoms with Gasteiger partial charge < -0.3 is 16.0 Å². The Morgan fingerprint density at radius 1 is 1.09 bits per heavy atom. The molecule has 0 spiro atoms. The second-order valence-electron chi connectivity index (χ2n) is 10.9. The van der Waals surface area contributed by atoms with Crippen LogP contribution in [0.3, 0.4) is 0 Å². The molecular formula is C32H30FN9OS. The highest BCUT2D eigenvalue weighted by Crippen LogP contribution is 2.39. The van der Waals surface area contributed by atoms with Gasteiger partial charge in [-0.2, -0.15) is 5.10 Å². The molecule has 222 valence electrons. The molecule has 0 unspecified atom stereocenters. The number of nitrogens with zero attached hydrogens (tertiary/aromatic N) is 5. The van der Waals surface area contributed by atoms with E-state index in [9.17, 15) is 9.18 Å². The van der Waals surface area contributed by atoms with Crippen molar-refractivity contribution in [2.24, 2.45) is 13.0 Å². The number of rotatable bonds is 8. The Morgan fingerprint density at radius 3 is 2.80 bits per heavy atom. The maximum absolute atomic E-state index is 14.5. The first-order valence-corrected chi connectivity index (χ1v) is 15.6. The SMILES string of the molecule is CSNCc1cc(F)cc(-c2nccc3c2NC=C(c2nn(C)c4cnc(-c5cncc(NC(=O)C6CCC6)c5)cc24)N3)c1. The predicted octanol–water partition coefficient (Wildman–Crippen LogP) is 6.17. The zero-order chi connectivity index (χ0) is 30.2. The van der Waals surface area contributed by atoms with E-state index in [-0.39, 0.29) is 17.6 Å². The average molecular weight is 608 g/mol. The molecule has 4 N–H and O–H groups in total. The molecule has 12 heteroatoms. The lowest BCUT2D eigenvalue weighted by molar-refractivity contribution is -0.122. The van der Waals surface area contributed by atoms with Crippen LogP contribution in [0.25, 0.3) is 39.1 Å². The lowest BCUT2D eigenvalue weighted by Gasteiger charge is -2.24. The van der Waals surface area contributed by atoms with Crippen molar-refractivity contribution < 1.29 is 9.18 Å². The number of hydrogen-bond donors (Lipinski definition) is 4. The van der Waals surface area contributed by atoms with Crippen molar-refractivity contribution in [2.45, 2.75) is 25.8 Å². The third kappa shape index (κ3) is 5.38. The van der Waals surface area contributed by atoms with Crippen LogP contribution >= 0.6 is 11.9 Å². The van der Waals surface area contributed by atoms with Gasteiger partial charge in [0, 0.05) is 54.6 Å². The van der Waals surface area contributed by atoms with Crippen LogP contribution in [0.2, 0.25) is 0 Å². The van der Waals surface area contributed by atoms with Crippen molar-refractivity contribution in [2.75, 3.05) is 22.2 Å². The maximum atomic E-state index is 14.5. The number of fused-ring (bicyclic) bond motifs is 2. The van der Waals surface area contributed by atoms with Crippen molar-refractivity contribution in [1.82, 2.24) is 29.5 Å². The summed E-state index contributed by atoms with van der Waals surface area (Å²) < 4.78 is 19.5. The van der Waals surface area contributed by atoms with Crippen LogP contribution in [0.15, 0.2) is 67.4 Å². The minimum atomic E-state index is -0.314. The van der Waals surface area contributed by atoms with E-state index in [0.29, 0.717) is 29.2 Å². The molecule has 0 radical (unpaired) electrons. The zero-order valence-electron chi connectivity index (χ0n) is 24.2. The van der Waals surface area contributed by atoms with Gasteiger partial charge in [-0.25, -0.2) is 4.39 Å². The third-order valence-corrected chi connectivity index (χ3v) is 8.44. The molecule has 2 aliphatic rings. The second kappa shape index (κ2) is 11.7. The van der Waals surface area contributed by atoms with Crippen LogP contribution in [0.5, 0.6) is 0 Å². The summed E-state index contributed by atoms with van der Waals surface area (Å²) in [5, 5.41) is 15.6. The fraction of sp³-hybridized carbons (Fsp3) is 0.219. The lowest BCUT2D eigenvalue weighted by atomic mass is 9.85. The first kappa shape index (κ1) is 28.0. The first-order valence-electron chi connectivity index (χ1n) is 14.3. The normalized spacial score (nSPS) is 14.3. The van der Waals surface area contributed by atoms with Gasteiger partial charge in [-0.3, -0.25) is 29.2 Å². The monoisotopic (exact) mass is 607 g/mol. The summed E-state index contributed by atoms with van der Waals surface area (Å²) in [5.74, 6) is -0.188. The topological polar surface area (TPSA) is 122 Å². The van der Waals surface area contributed by atoms with Gasteiger partial charge in [0.1, 0.15) is 11.5 Å². The van der Waals surface area contributed by atoms with E-state index in [1.807, 2.05) is 43.8 Å². The number of pyridine rings is 3. The molecule has 1 aliphatic carbocycles. The number of nitrogens with one attached hydrogen (secondary N) is 4. The Balaban J connectivity index is 1.19. The molecule has 5 aromatic rings.